The Kier molecular flexibility index (Phi) is 5.05. The van der Waals surface area contributed by atoms with E-state index < -0.39 is 17.7 Å². The van der Waals surface area contributed by atoms with Gasteiger partial charge in [0.15, 0.2) is 0 Å². The van der Waals surface area contributed by atoms with E-state index in [1.54, 1.807) is 18.2 Å². The number of para-hydroxylation sites is 1. The molecule has 0 saturated carbocycles. The van der Waals surface area contributed by atoms with Gasteiger partial charge in [-0.25, -0.2) is 9.78 Å². The van der Waals surface area contributed by atoms with Gasteiger partial charge in [-0.15, -0.1) is 0 Å². The Labute approximate surface area is 156 Å². The SMILES string of the molecule is O=C(O)c1ccc(-c2cccc(C(F)(F)F)c2)nc1Oc1ccccc1Cl. The molecule has 0 aliphatic heterocycles. The van der Waals surface area contributed by atoms with Crippen molar-refractivity contribution < 1.29 is 27.8 Å². The van der Waals surface area contributed by atoms with Gasteiger partial charge in [-0.05, 0) is 36.4 Å². The normalized spacial score (nSPS) is 11.3. The fourth-order valence-corrected chi connectivity index (χ4v) is 2.50. The van der Waals surface area contributed by atoms with Crippen LogP contribution in [0.5, 0.6) is 11.6 Å². The first-order valence-electron chi connectivity index (χ1n) is 7.60. The van der Waals surface area contributed by atoms with Crippen LogP contribution in [0.3, 0.4) is 0 Å². The monoisotopic (exact) mass is 393 g/mol. The Balaban J connectivity index is 2.07. The Hall–Kier alpha value is -3.06. The third-order valence-corrected chi connectivity index (χ3v) is 3.93. The minimum Gasteiger partial charge on any atom is -0.477 e. The number of nitrogens with zero attached hydrogens (tertiary/aromatic N) is 1. The van der Waals surface area contributed by atoms with E-state index in [-0.39, 0.29) is 33.5 Å². The molecule has 8 heteroatoms. The van der Waals surface area contributed by atoms with Crippen LogP contribution >= 0.6 is 11.6 Å². The highest BCUT2D eigenvalue weighted by Crippen LogP contribution is 2.34. The Morgan fingerprint density at radius 1 is 1.04 bits per heavy atom. The maximum atomic E-state index is 12.9. The number of rotatable bonds is 4. The number of halogens is 4. The molecule has 3 rings (SSSR count). The second-order valence-electron chi connectivity index (χ2n) is 5.47. The molecule has 27 heavy (non-hydrogen) atoms. The molecule has 0 aliphatic rings. The summed E-state index contributed by atoms with van der Waals surface area (Å²) in [6.45, 7) is 0. The van der Waals surface area contributed by atoms with Gasteiger partial charge in [0.1, 0.15) is 11.3 Å². The maximum Gasteiger partial charge on any atom is 0.416 e. The average Bonchev–Trinajstić information content (AvgIpc) is 2.63. The van der Waals surface area contributed by atoms with Gasteiger partial charge >= 0.3 is 12.1 Å². The van der Waals surface area contributed by atoms with Crippen molar-refractivity contribution in [3.8, 4) is 22.9 Å². The van der Waals surface area contributed by atoms with Crippen LogP contribution in [-0.2, 0) is 6.18 Å². The number of pyridine rings is 1. The first-order valence-corrected chi connectivity index (χ1v) is 7.98. The van der Waals surface area contributed by atoms with Crippen molar-refractivity contribution in [3.63, 3.8) is 0 Å². The Morgan fingerprint density at radius 3 is 2.44 bits per heavy atom. The predicted octanol–water partition coefficient (Wildman–Crippen LogP) is 5.91. The Morgan fingerprint density at radius 2 is 1.78 bits per heavy atom. The van der Waals surface area contributed by atoms with Crippen LogP contribution < -0.4 is 4.74 Å². The number of carbonyl (C=O) groups is 1. The maximum absolute atomic E-state index is 12.9. The molecule has 2 aromatic carbocycles. The van der Waals surface area contributed by atoms with Gasteiger partial charge in [-0.1, -0.05) is 35.9 Å². The van der Waals surface area contributed by atoms with Gasteiger partial charge in [0.2, 0.25) is 5.88 Å². The zero-order valence-electron chi connectivity index (χ0n) is 13.5. The molecule has 0 atom stereocenters. The molecule has 1 heterocycles. The predicted molar refractivity (Wildman–Crippen MR) is 93.2 cm³/mol. The van der Waals surface area contributed by atoms with Crippen molar-refractivity contribution in [1.82, 2.24) is 4.98 Å². The van der Waals surface area contributed by atoms with Crippen LogP contribution in [-0.4, -0.2) is 16.1 Å². The lowest BCUT2D eigenvalue weighted by Crippen LogP contribution is -2.05. The summed E-state index contributed by atoms with van der Waals surface area (Å²) < 4.78 is 44.3. The lowest BCUT2D eigenvalue weighted by Gasteiger charge is -2.12. The molecular formula is C19H11ClF3NO3. The van der Waals surface area contributed by atoms with Crippen molar-refractivity contribution in [2.45, 2.75) is 6.18 Å². The van der Waals surface area contributed by atoms with Gasteiger partial charge < -0.3 is 9.84 Å². The lowest BCUT2D eigenvalue weighted by atomic mass is 10.1. The summed E-state index contributed by atoms with van der Waals surface area (Å²) >= 11 is 6.01. The molecule has 0 saturated heterocycles. The second-order valence-corrected chi connectivity index (χ2v) is 5.87. The number of benzene rings is 2. The van der Waals surface area contributed by atoms with Gasteiger partial charge in [-0.2, -0.15) is 13.2 Å². The molecule has 0 amide bonds. The number of alkyl halides is 3. The van der Waals surface area contributed by atoms with E-state index in [0.29, 0.717) is 0 Å². The van der Waals surface area contributed by atoms with E-state index in [2.05, 4.69) is 4.98 Å². The van der Waals surface area contributed by atoms with Crippen LogP contribution in [0.25, 0.3) is 11.3 Å². The molecule has 0 aliphatic carbocycles. The summed E-state index contributed by atoms with van der Waals surface area (Å²) in [5.74, 6) is -1.39. The molecule has 1 N–H and O–H groups in total. The number of carboxylic acid groups (broad SMARTS) is 1. The highest BCUT2D eigenvalue weighted by Gasteiger charge is 2.30. The minimum absolute atomic E-state index is 0.133. The third kappa shape index (κ3) is 4.20. The molecule has 0 radical (unpaired) electrons. The molecule has 3 aromatic rings. The van der Waals surface area contributed by atoms with Crippen LogP contribution in [0.15, 0.2) is 60.7 Å². The van der Waals surface area contributed by atoms with E-state index in [1.165, 1.54) is 30.3 Å². The van der Waals surface area contributed by atoms with E-state index >= 15 is 0 Å². The topological polar surface area (TPSA) is 59.4 Å². The third-order valence-electron chi connectivity index (χ3n) is 3.62. The van der Waals surface area contributed by atoms with Gasteiger partial charge in [0.25, 0.3) is 0 Å². The fraction of sp³-hybridized carbons (Fsp3) is 0.0526. The highest BCUT2D eigenvalue weighted by molar-refractivity contribution is 6.32. The number of hydrogen-bond donors (Lipinski definition) is 1. The number of aromatic carboxylic acids is 1. The standard InChI is InChI=1S/C19H11ClF3NO3/c20-14-6-1-2-7-16(14)27-17-13(18(25)26)8-9-15(24-17)11-4-3-5-12(10-11)19(21,22)23/h1-10H,(H,25,26). The highest BCUT2D eigenvalue weighted by atomic mass is 35.5. The zero-order chi connectivity index (χ0) is 19.6. The summed E-state index contributed by atoms with van der Waals surface area (Å²) in [7, 11) is 0. The lowest BCUT2D eigenvalue weighted by molar-refractivity contribution is -0.137. The van der Waals surface area contributed by atoms with Crippen LogP contribution in [0.4, 0.5) is 13.2 Å². The summed E-state index contributed by atoms with van der Waals surface area (Å²) in [4.78, 5) is 15.5. The number of carboxylic acids is 1. The molecular weight excluding hydrogens is 383 g/mol. The number of hydrogen-bond acceptors (Lipinski definition) is 3. The van der Waals surface area contributed by atoms with Crippen molar-refractivity contribution in [1.29, 1.82) is 0 Å². The van der Waals surface area contributed by atoms with Crippen LogP contribution in [0.2, 0.25) is 5.02 Å². The Bertz CT molecular complexity index is 1010. The van der Waals surface area contributed by atoms with Crippen LogP contribution in [0.1, 0.15) is 15.9 Å². The van der Waals surface area contributed by atoms with Crippen molar-refractivity contribution in [2.24, 2.45) is 0 Å². The molecule has 0 bridgehead atoms. The zero-order valence-corrected chi connectivity index (χ0v) is 14.3. The number of ether oxygens (including phenoxy) is 1. The van der Waals surface area contributed by atoms with Gasteiger partial charge in [0.05, 0.1) is 16.3 Å². The summed E-state index contributed by atoms with van der Waals surface area (Å²) in [5.41, 5.74) is -0.776. The summed E-state index contributed by atoms with van der Waals surface area (Å²) in [6, 6.07) is 13.5. The molecule has 0 unspecified atom stereocenters. The molecule has 0 spiro atoms. The average molecular weight is 394 g/mol. The quantitative estimate of drug-likeness (QED) is 0.598. The second kappa shape index (κ2) is 7.28. The molecule has 4 nitrogen and oxygen atoms in total. The molecule has 138 valence electrons. The van der Waals surface area contributed by atoms with Crippen molar-refractivity contribution in [3.05, 3.63) is 76.8 Å². The summed E-state index contributed by atoms with van der Waals surface area (Å²) in [5, 5.41) is 9.56. The first kappa shape index (κ1) is 18.7. The van der Waals surface area contributed by atoms with Gasteiger partial charge in [-0.3, -0.25) is 0 Å². The first-order chi connectivity index (χ1) is 12.8. The molecule has 1 aromatic heterocycles. The van der Waals surface area contributed by atoms with E-state index in [1.807, 2.05) is 0 Å². The number of aromatic nitrogens is 1. The summed E-state index contributed by atoms with van der Waals surface area (Å²) in [6.07, 6.45) is -4.51. The van der Waals surface area contributed by atoms with E-state index in [0.717, 1.165) is 12.1 Å². The van der Waals surface area contributed by atoms with Crippen molar-refractivity contribution >= 4 is 17.6 Å². The smallest absolute Gasteiger partial charge is 0.416 e. The van der Waals surface area contributed by atoms with Gasteiger partial charge in [0, 0.05) is 5.56 Å². The van der Waals surface area contributed by atoms with Crippen molar-refractivity contribution in [2.75, 3.05) is 0 Å². The van der Waals surface area contributed by atoms with Crippen LogP contribution in [0, 0.1) is 0 Å². The van der Waals surface area contributed by atoms with E-state index in [9.17, 15) is 23.1 Å². The van der Waals surface area contributed by atoms with E-state index in [4.69, 9.17) is 16.3 Å². The molecule has 0 fully saturated rings. The largest absolute Gasteiger partial charge is 0.477 e. The fourth-order valence-electron chi connectivity index (χ4n) is 2.33. The minimum atomic E-state index is -4.51.